The molecule has 0 bridgehead atoms. The van der Waals surface area contributed by atoms with Crippen molar-refractivity contribution in [1.82, 2.24) is 4.90 Å². The van der Waals surface area contributed by atoms with Gasteiger partial charge in [-0.15, -0.1) is 0 Å². The lowest BCUT2D eigenvalue weighted by Crippen LogP contribution is -2.65. The second-order valence-electron chi connectivity index (χ2n) is 11.5. The Morgan fingerprint density at radius 2 is 1.68 bits per heavy atom. The molecule has 226 valence electrons. The number of carbonyl (C=O) groups is 3. The average Bonchev–Trinajstić information content (AvgIpc) is 2.77. The molecular weight excluding hydrogens is 564 g/mol. The number of Topliss-reactive ketones (excluding diaryl/α,β-unsaturated/α-hetero) is 2. The third kappa shape index (κ3) is 5.60. The topological polar surface area (TPSA) is 274 Å². The Morgan fingerprint density at radius 1 is 1.15 bits per heavy atom. The number of phenolic OH excluding ortho intramolecular Hbond substituents is 1. The molecule has 0 aromatic heterocycles. The number of aliphatic hydroxyl groups excluding tert-OH is 2. The van der Waals surface area contributed by atoms with Crippen LogP contribution in [0.3, 0.4) is 0 Å². The van der Waals surface area contributed by atoms with Crippen LogP contribution >= 0.6 is 0 Å². The second-order valence-corrected chi connectivity index (χ2v) is 12.4. The molecule has 0 radical (unpaired) electrons. The van der Waals surface area contributed by atoms with Crippen LogP contribution in [-0.2, 0) is 31.2 Å². The van der Waals surface area contributed by atoms with Gasteiger partial charge in [0.15, 0.2) is 11.4 Å². The van der Waals surface area contributed by atoms with Gasteiger partial charge >= 0.3 is 10.4 Å². The number of likely N-dealkylation sites (N-methyl/N-ethyl adjacent to an activating group) is 1. The van der Waals surface area contributed by atoms with Crippen LogP contribution in [0.2, 0.25) is 0 Å². The van der Waals surface area contributed by atoms with Gasteiger partial charge in [-0.05, 0) is 65.3 Å². The number of nitrogens with two attached hydrogens (primary N) is 2. The first-order valence-electron chi connectivity index (χ1n) is 12.3. The molecule has 4 atom stereocenters. The minimum Gasteiger partial charge on any atom is -0.508 e. The highest BCUT2D eigenvalue weighted by Gasteiger charge is 2.64. The van der Waals surface area contributed by atoms with E-state index in [0.717, 1.165) is 0 Å². The summed E-state index contributed by atoms with van der Waals surface area (Å²) >= 11 is 0. The molecule has 1 fully saturated rings. The molecular formula is C25H34N4O11S. The van der Waals surface area contributed by atoms with E-state index in [2.05, 4.69) is 5.32 Å². The molecule has 0 saturated heterocycles. The van der Waals surface area contributed by atoms with Crippen molar-refractivity contribution in [1.29, 1.82) is 0 Å². The molecule has 0 aliphatic heterocycles. The normalized spacial score (nSPS) is 26.1. The van der Waals surface area contributed by atoms with E-state index in [9.17, 15) is 34.8 Å². The van der Waals surface area contributed by atoms with Gasteiger partial charge in [-0.1, -0.05) is 0 Å². The van der Waals surface area contributed by atoms with E-state index in [4.69, 9.17) is 29.0 Å². The molecule has 41 heavy (non-hydrogen) atoms. The number of phenols is 1. The Hall–Kier alpha value is -3.70. The van der Waals surface area contributed by atoms with Gasteiger partial charge in [0, 0.05) is 22.7 Å². The van der Waals surface area contributed by atoms with Gasteiger partial charge in [0.2, 0.25) is 5.78 Å². The van der Waals surface area contributed by atoms with Crippen LogP contribution in [0.4, 0.5) is 11.4 Å². The summed E-state index contributed by atoms with van der Waals surface area (Å²) in [6.07, 6.45) is 0.201. The molecule has 4 rings (SSSR count). The number of amides is 1. The number of hydrogen-bond acceptors (Lipinski definition) is 12. The summed E-state index contributed by atoms with van der Waals surface area (Å²) in [5, 5.41) is 47.8. The fourth-order valence-corrected chi connectivity index (χ4v) is 5.85. The minimum atomic E-state index is -4.67. The van der Waals surface area contributed by atoms with Crippen molar-refractivity contribution >= 4 is 45.0 Å². The van der Waals surface area contributed by atoms with Crippen LogP contribution in [0.1, 0.15) is 38.3 Å². The van der Waals surface area contributed by atoms with Crippen LogP contribution in [0, 0.1) is 11.8 Å². The van der Waals surface area contributed by atoms with Gasteiger partial charge in [-0.2, -0.15) is 8.42 Å². The molecule has 1 aromatic carbocycles. The zero-order valence-corrected chi connectivity index (χ0v) is 23.8. The van der Waals surface area contributed by atoms with Crippen molar-refractivity contribution in [3.05, 3.63) is 34.1 Å². The van der Waals surface area contributed by atoms with Crippen molar-refractivity contribution in [3.8, 4) is 5.75 Å². The number of ketones is 2. The molecule has 1 aromatic rings. The highest BCUT2D eigenvalue weighted by Crippen LogP contribution is 2.54. The van der Waals surface area contributed by atoms with Crippen molar-refractivity contribution in [2.24, 2.45) is 17.6 Å². The van der Waals surface area contributed by atoms with Crippen LogP contribution in [0.15, 0.2) is 23.0 Å². The molecule has 2 unspecified atom stereocenters. The van der Waals surface area contributed by atoms with Gasteiger partial charge in [0.1, 0.15) is 22.8 Å². The number of primary amides is 1. The Balaban J connectivity index is 0.000000850. The van der Waals surface area contributed by atoms with Crippen LogP contribution in [0.25, 0.3) is 5.76 Å². The molecule has 3 aliphatic carbocycles. The first kappa shape index (κ1) is 31.8. The number of benzene rings is 1. The fourth-order valence-electron chi connectivity index (χ4n) is 5.85. The number of nitrogens with one attached hydrogen (secondary N) is 1. The maximum Gasteiger partial charge on any atom is 0.394 e. The van der Waals surface area contributed by atoms with Gasteiger partial charge in [-0.25, -0.2) is 0 Å². The lowest BCUT2D eigenvalue weighted by atomic mass is 9.57. The van der Waals surface area contributed by atoms with E-state index in [0.29, 0.717) is 11.3 Å². The number of rotatable bonds is 3. The van der Waals surface area contributed by atoms with E-state index >= 15 is 0 Å². The zero-order valence-electron chi connectivity index (χ0n) is 23.0. The van der Waals surface area contributed by atoms with E-state index in [1.807, 2.05) is 20.8 Å². The highest BCUT2D eigenvalue weighted by molar-refractivity contribution is 7.79. The Morgan fingerprint density at radius 3 is 2.15 bits per heavy atom. The van der Waals surface area contributed by atoms with Gasteiger partial charge < -0.3 is 37.2 Å². The van der Waals surface area contributed by atoms with E-state index in [-0.39, 0.29) is 29.7 Å². The van der Waals surface area contributed by atoms with E-state index in [1.54, 1.807) is 20.2 Å². The predicted molar refractivity (Wildman–Crippen MR) is 146 cm³/mol. The summed E-state index contributed by atoms with van der Waals surface area (Å²) in [4.78, 5) is 40.5. The third-order valence-corrected chi connectivity index (χ3v) is 7.26. The molecule has 1 amide bonds. The van der Waals surface area contributed by atoms with Gasteiger partial charge in [-0.3, -0.25) is 28.4 Å². The smallest absolute Gasteiger partial charge is 0.394 e. The predicted octanol–water partition coefficient (Wildman–Crippen LogP) is 0.104. The number of hydrogen-bond donors (Lipinski definition) is 9. The lowest BCUT2D eigenvalue weighted by molar-refractivity contribution is -0.153. The van der Waals surface area contributed by atoms with Crippen LogP contribution in [0.5, 0.6) is 5.75 Å². The molecule has 1 saturated carbocycles. The maximum atomic E-state index is 13.8. The number of anilines is 2. The Kier molecular flexibility index (Phi) is 7.99. The summed E-state index contributed by atoms with van der Waals surface area (Å²) in [6.45, 7) is 5.78. The lowest BCUT2D eigenvalue weighted by Gasteiger charge is -2.50. The van der Waals surface area contributed by atoms with E-state index < -0.39 is 79.7 Å². The second kappa shape index (κ2) is 10.3. The molecule has 3 aliphatic rings. The zero-order chi connectivity index (χ0) is 31.6. The monoisotopic (exact) mass is 598 g/mol. The highest BCUT2D eigenvalue weighted by atomic mass is 32.3. The number of aromatic hydroxyl groups is 1. The quantitative estimate of drug-likeness (QED) is 0.0734. The maximum absolute atomic E-state index is 13.8. The van der Waals surface area contributed by atoms with Crippen molar-refractivity contribution in [3.63, 3.8) is 0 Å². The summed E-state index contributed by atoms with van der Waals surface area (Å²) in [5.74, 6) is -7.03. The Labute approximate surface area is 235 Å². The van der Waals surface area contributed by atoms with Gasteiger partial charge in [0.25, 0.3) is 5.91 Å². The third-order valence-electron chi connectivity index (χ3n) is 7.26. The van der Waals surface area contributed by atoms with Crippen molar-refractivity contribution < 1.29 is 52.3 Å². The standard InChI is InChI=1S/C25H32N4O7.H2O4S/c1-24(2,3)28-13-8-12(26)18(30)15-10(13)6-9-7-11-17(29(4)5)20(32)16(23(27)35)22(34)25(11,36)21(33)14(9)19(15)31;1-5(2,3)4/h8-9,11,17,28,30-31,34,36H,6-7,26H2,1-5H3,(H2,27,35);(H2,1,2,3,4)/t9?,11?,17-,25-;/m0./s1. The SMILES string of the molecule is CN(C)[C@@H]1C(=O)C(C(N)=O)=C(O)[C@@]2(O)C(=O)C3=C(O)c4c(O)c(N)cc(NC(C)(C)C)c4CC3CC12.O=S(=O)(O)O. The molecule has 15 nitrogen and oxygen atoms in total. The number of fused-ring (bicyclic) bond motifs is 3. The summed E-state index contributed by atoms with van der Waals surface area (Å²) < 4.78 is 31.6. The molecule has 16 heteroatoms. The number of nitrogen functional groups attached to an aromatic ring is 1. The molecule has 0 spiro atoms. The van der Waals surface area contributed by atoms with Gasteiger partial charge in [0.05, 0.1) is 17.3 Å². The van der Waals surface area contributed by atoms with Crippen LogP contribution < -0.4 is 16.8 Å². The fraction of sp³-hybridized carbons (Fsp3) is 0.480. The number of aliphatic hydroxyl groups is 3. The number of nitrogens with zero attached hydrogens (tertiary/aromatic N) is 1. The summed E-state index contributed by atoms with van der Waals surface area (Å²) in [5.41, 5.74) is 8.22. The molecule has 0 heterocycles. The largest absolute Gasteiger partial charge is 0.508 e. The minimum absolute atomic E-state index is 0.0197. The number of carbonyl (C=O) groups excluding carboxylic acids is 3. The van der Waals surface area contributed by atoms with Crippen molar-refractivity contribution in [2.75, 3.05) is 25.1 Å². The first-order valence-corrected chi connectivity index (χ1v) is 13.7. The van der Waals surface area contributed by atoms with Crippen LogP contribution in [-0.4, -0.2) is 91.6 Å². The average molecular weight is 599 g/mol. The van der Waals surface area contributed by atoms with E-state index in [1.165, 1.54) is 4.90 Å². The van der Waals surface area contributed by atoms with Crippen molar-refractivity contribution in [2.45, 2.75) is 50.8 Å². The summed E-state index contributed by atoms with van der Waals surface area (Å²) in [6, 6.07) is 0.425. The summed E-state index contributed by atoms with van der Waals surface area (Å²) in [7, 11) is -1.56. The Bertz CT molecular complexity index is 1500. The first-order chi connectivity index (χ1) is 18.5. The molecule has 11 N–H and O–H groups in total.